The van der Waals surface area contributed by atoms with Crippen molar-refractivity contribution < 1.29 is 23.5 Å². The molecular formula is C25H18Br2FN3O4. The number of benzene rings is 3. The number of para-hydroxylation sites is 1. The van der Waals surface area contributed by atoms with Gasteiger partial charge in [-0.25, -0.2) is 14.1 Å². The zero-order valence-electron chi connectivity index (χ0n) is 18.1. The van der Waals surface area contributed by atoms with Crippen LogP contribution in [0.3, 0.4) is 0 Å². The third-order valence-electron chi connectivity index (χ3n) is 4.99. The number of nitrogens with zero attached hydrogens (tertiary/aromatic N) is 1. The van der Waals surface area contributed by atoms with Crippen molar-refractivity contribution in [1.29, 1.82) is 0 Å². The monoisotopic (exact) mass is 601 g/mol. The van der Waals surface area contributed by atoms with Gasteiger partial charge in [0, 0.05) is 4.47 Å². The van der Waals surface area contributed by atoms with Crippen LogP contribution in [0.2, 0.25) is 0 Å². The number of anilines is 1. The fraction of sp³-hybridized carbons (Fsp3) is 0.0800. The number of halogens is 3. The highest BCUT2D eigenvalue weighted by Gasteiger charge is 2.35. The van der Waals surface area contributed by atoms with Crippen LogP contribution in [0.15, 0.2) is 81.4 Å². The summed E-state index contributed by atoms with van der Waals surface area (Å²) in [4.78, 5) is 38.0. The van der Waals surface area contributed by atoms with Gasteiger partial charge in [0.25, 0.3) is 5.91 Å². The zero-order chi connectivity index (χ0) is 24.9. The van der Waals surface area contributed by atoms with Gasteiger partial charge in [-0.2, -0.15) is 0 Å². The third-order valence-corrected chi connectivity index (χ3v) is 6.13. The number of nitrogens with one attached hydrogen (secondary N) is 2. The lowest BCUT2D eigenvalue weighted by molar-refractivity contribution is -0.127. The van der Waals surface area contributed by atoms with Gasteiger partial charge in [-0.15, -0.1) is 0 Å². The molecule has 35 heavy (non-hydrogen) atoms. The number of urea groups is 1. The van der Waals surface area contributed by atoms with E-state index in [9.17, 15) is 18.8 Å². The molecule has 0 unspecified atom stereocenters. The summed E-state index contributed by atoms with van der Waals surface area (Å²) in [6, 6.07) is 17.9. The van der Waals surface area contributed by atoms with Gasteiger partial charge in [0.1, 0.15) is 30.4 Å². The number of imide groups is 1. The molecule has 0 radical (unpaired) electrons. The Hall–Kier alpha value is -3.50. The van der Waals surface area contributed by atoms with Crippen molar-refractivity contribution in [3.8, 4) is 5.75 Å². The molecule has 0 atom stereocenters. The highest BCUT2D eigenvalue weighted by atomic mass is 79.9. The Bertz CT molecular complexity index is 1330. The highest BCUT2D eigenvalue weighted by Crippen LogP contribution is 2.28. The second-order valence-corrected chi connectivity index (χ2v) is 9.28. The van der Waals surface area contributed by atoms with Crippen molar-refractivity contribution in [2.45, 2.75) is 6.61 Å². The minimum atomic E-state index is -0.738. The Morgan fingerprint density at radius 1 is 1.06 bits per heavy atom. The van der Waals surface area contributed by atoms with Gasteiger partial charge in [-0.1, -0.05) is 46.3 Å². The smallest absolute Gasteiger partial charge is 0.329 e. The van der Waals surface area contributed by atoms with Gasteiger partial charge in [-0.05, 0) is 69.5 Å². The minimum Gasteiger partial charge on any atom is -0.488 e. The number of carbonyl (C=O) groups excluding carboxylic acids is 3. The van der Waals surface area contributed by atoms with Gasteiger partial charge in [0.2, 0.25) is 5.91 Å². The molecule has 10 heteroatoms. The Balaban J connectivity index is 1.40. The fourth-order valence-electron chi connectivity index (χ4n) is 3.24. The van der Waals surface area contributed by atoms with E-state index in [1.54, 1.807) is 24.3 Å². The van der Waals surface area contributed by atoms with Crippen LogP contribution in [0.4, 0.5) is 14.9 Å². The summed E-state index contributed by atoms with van der Waals surface area (Å²) in [5.74, 6) is -1.36. The van der Waals surface area contributed by atoms with E-state index in [0.717, 1.165) is 14.9 Å². The van der Waals surface area contributed by atoms with E-state index in [1.165, 1.54) is 24.3 Å². The maximum Gasteiger partial charge on any atom is 0.329 e. The lowest BCUT2D eigenvalue weighted by Crippen LogP contribution is -2.38. The molecule has 3 aromatic rings. The summed E-state index contributed by atoms with van der Waals surface area (Å²) < 4.78 is 21.2. The molecule has 1 aliphatic rings. The van der Waals surface area contributed by atoms with Crippen LogP contribution >= 0.6 is 31.9 Å². The van der Waals surface area contributed by atoms with Crippen molar-refractivity contribution in [2.75, 3.05) is 11.9 Å². The van der Waals surface area contributed by atoms with E-state index in [-0.39, 0.29) is 11.4 Å². The third kappa shape index (κ3) is 6.14. The van der Waals surface area contributed by atoms with E-state index in [2.05, 4.69) is 42.5 Å². The molecule has 0 bridgehead atoms. The Kier molecular flexibility index (Phi) is 7.62. The van der Waals surface area contributed by atoms with Crippen molar-refractivity contribution in [3.05, 3.63) is 98.3 Å². The first-order valence-electron chi connectivity index (χ1n) is 10.4. The maximum absolute atomic E-state index is 13.7. The second-order valence-electron chi connectivity index (χ2n) is 7.51. The molecule has 0 aromatic heterocycles. The molecule has 4 amide bonds. The molecule has 0 aliphatic carbocycles. The summed E-state index contributed by atoms with van der Waals surface area (Å²) in [5.41, 5.74) is 1.62. The van der Waals surface area contributed by atoms with Gasteiger partial charge < -0.3 is 15.4 Å². The number of hydrogen-bond acceptors (Lipinski definition) is 4. The van der Waals surface area contributed by atoms with E-state index < -0.39 is 30.2 Å². The van der Waals surface area contributed by atoms with Crippen LogP contribution < -0.4 is 15.4 Å². The number of amides is 4. The quantitative estimate of drug-likeness (QED) is 0.278. The zero-order valence-corrected chi connectivity index (χ0v) is 21.2. The van der Waals surface area contributed by atoms with Crippen molar-refractivity contribution >= 4 is 61.5 Å². The van der Waals surface area contributed by atoms with Gasteiger partial charge in [0.05, 0.1) is 10.2 Å². The molecule has 7 nitrogen and oxygen atoms in total. The Labute approximate surface area is 217 Å². The molecular weight excluding hydrogens is 585 g/mol. The Morgan fingerprint density at radius 3 is 2.51 bits per heavy atom. The average Bonchev–Trinajstić information content (AvgIpc) is 3.08. The summed E-state index contributed by atoms with van der Waals surface area (Å²) in [6.45, 7) is -0.173. The van der Waals surface area contributed by atoms with Crippen LogP contribution in [0.5, 0.6) is 5.75 Å². The van der Waals surface area contributed by atoms with Gasteiger partial charge in [-0.3, -0.25) is 9.59 Å². The largest absolute Gasteiger partial charge is 0.488 e. The first-order chi connectivity index (χ1) is 16.8. The fourth-order valence-corrected chi connectivity index (χ4v) is 4.02. The first-order valence-corrected chi connectivity index (χ1v) is 11.9. The molecule has 178 valence electrons. The van der Waals surface area contributed by atoms with Gasteiger partial charge in [0.15, 0.2) is 0 Å². The SMILES string of the molecule is O=C(CN1C(=O)N/C(=C/c2ccc(OCc3ccc(Br)cc3)c(Br)c2)C1=O)Nc1ccccc1F. The first kappa shape index (κ1) is 24.6. The van der Waals surface area contributed by atoms with Crippen molar-refractivity contribution in [2.24, 2.45) is 0 Å². The van der Waals surface area contributed by atoms with E-state index in [0.29, 0.717) is 22.4 Å². The van der Waals surface area contributed by atoms with Crippen LogP contribution in [-0.2, 0) is 16.2 Å². The highest BCUT2D eigenvalue weighted by molar-refractivity contribution is 9.10. The van der Waals surface area contributed by atoms with E-state index >= 15 is 0 Å². The van der Waals surface area contributed by atoms with Crippen LogP contribution in [0, 0.1) is 5.82 Å². The van der Waals surface area contributed by atoms with E-state index in [1.807, 2.05) is 24.3 Å². The predicted molar refractivity (Wildman–Crippen MR) is 136 cm³/mol. The standard InChI is InChI=1S/C25H18Br2FN3O4/c26-17-8-5-15(6-9-17)14-35-22-10-7-16(11-18(22)27)12-21-24(33)31(25(34)30-21)13-23(32)29-20-4-2-1-3-19(20)28/h1-12H,13-14H2,(H,29,32)(H,30,34)/b21-12+. The van der Waals surface area contributed by atoms with Crippen LogP contribution in [0.25, 0.3) is 6.08 Å². The molecule has 0 spiro atoms. The number of carbonyl (C=O) groups is 3. The summed E-state index contributed by atoms with van der Waals surface area (Å²) in [6.07, 6.45) is 1.50. The summed E-state index contributed by atoms with van der Waals surface area (Å²) in [5, 5.41) is 4.82. The molecule has 1 aliphatic heterocycles. The molecule has 1 saturated heterocycles. The number of rotatable bonds is 7. The molecule has 1 heterocycles. The lowest BCUT2D eigenvalue weighted by Gasteiger charge is -2.12. The lowest BCUT2D eigenvalue weighted by atomic mass is 10.2. The molecule has 2 N–H and O–H groups in total. The average molecular weight is 603 g/mol. The van der Waals surface area contributed by atoms with Crippen molar-refractivity contribution in [3.63, 3.8) is 0 Å². The second kappa shape index (κ2) is 10.8. The molecule has 1 fully saturated rings. The normalized spacial score (nSPS) is 14.3. The van der Waals surface area contributed by atoms with Crippen LogP contribution in [-0.4, -0.2) is 29.3 Å². The van der Waals surface area contributed by atoms with Crippen LogP contribution in [0.1, 0.15) is 11.1 Å². The number of hydrogen-bond donors (Lipinski definition) is 2. The van der Waals surface area contributed by atoms with E-state index in [4.69, 9.17) is 4.74 Å². The topological polar surface area (TPSA) is 87.7 Å². The predicted octanol–water partition coefficient (Wildman–Crippen LogP) is 5.46. The maximum atomic E-state index is 13.7. The van der Waals surface area contributed by atoms with Gasteiger partial charge >= 0.3 is 6.03 Å². The number of ether oxygens (including phenoxy) is 1. The molecule has 3 aromatic carbocycles. The summed E-state index contributed by atoms with van der Waals surface area (Å²) in [7, 11) is 0. The van der Waals surface area contributed by atoms with Crippen molar-refractivity contribution in [1.82, 2.24) is 10.2 Å². The molecule has 0 saturated carbocycles. The Morgan fingerprint density at radius 2 is 1.80 bits per heavy atom. The minimum absolute atomic E-state index is 0.0177. The molecule has 4 rings (SSSR count). The summed E-state index contributed by atoms with van der Waals surface area (Å²) >= 11 is 6.86.